The number of esters is 2. The Bertz CT molecular complexity index is 1320. The first-order chi connectivity index (χ1) is 19.9. The second-order valence-corrected chi connectivity index (χ2v) is 12.2. The summed E-state index contributed by atoms with van der Waals surface area (Å²) in [6.07, 6.45) is 4.38. The molecule has 3 heterocycles. The molecule has 1 aliphatic heterocycles. The van der Waals surface area contributed by atoms with Gasteiger partial charge in [0.15, 0.2) is 17.5 Å². The number of nitrogens with two attached hydrogens (primary N) is 1. The molecule has 0 spiro atoms. The van der Waals surface area contributed by atoms with Crippen LogP contribution >= 0.6 is 0 Å². The van der Waals surface area contributed by atoms with Gasteiger partial charge in [-0.15, -0.1) is 0 Å². The van der Waals surface area contributed by atoms with E-state index in [4.69, 9.17) is 19.9 Å². The maximum Gasteiger partial charge on any atom is 0.323 e. The van der Waals surface area contributed by atoms with Gasteiger partial charge in [0, 0.05) is 26.6 Å². The average molecular weight is 587 g/mol. The first-order valence-electron chi connectivity index (χ1n) is 14.4. The zero-order chi connectivity index (χ0) is 30.7. The Morgan fingerprint density at radius 3 is 2.64 bits per heavy atom. The van der Waals surface area contributed by atoms with Crippen LogP contribution in [0.1, 0.15) is 71.9 Å². The minimum atomic E-state index is -1.65. The molecule has 1 saturated heterocycles. The number of carbonyl (C=O) groups is 3. The fraction of sp³-hybridized carbons (Fsp3) is 0.655. The highest BCUT2D eigenvalue weighted by Crippen LogP contribution is 2.42. The van der Waals surface area contributed by atoms with Crippen LogP contribution in [0.4, 0.5) is 5.82 Å². The second kappa shape index (κ2) is 12.8. The van der Waals surface area contributed by atoms with E-state index in [1.165, 1.54) is 31.0 Å². The molecule has 0 bridgehead atoms. The normalized spacial score (nSPS) is 25.9. The van der Waals surface area contributed by atoms with E-state index in [0.29, 0.717) is 11.2 Å². The highest BCUT2D eigenvalue weighted by Gasteiger charge is 2.58. The molecule has 1 aliphatic carbocycles. The molecule has 13 nitrogen and oxygen atoms in total. The lowest BCUT2D eigenvalue weighted by Gasteiger charge is -2.28. The summed E-state index contributed by atoms with van der Waals surface area (Å²) in [7, 11) is 1.52. The number of nitrogens with zero attached hydrogens (tertiary/aromatic N) is 4. The molecule has 2 fully saturated rings. The molecule has 2 aromatic heterocycles. The van der Waals surface area contributed by atoms with Crippen molar-refractivity contribution in [2.45, 2.75) is 96.2 Å². The van der Waals surface area contributed by atoms with E-state index >= 15 is 0 Å². The van der Waals surface area contributed by atoms with Gasteiger partial charge >= 0.3 is 11.9 Å². The third-order valence-corrected chi connectivity index (χ3v) is 7.96. The van der Waals surface area contributed by atoms with Crippen LogP contribution in [0.5, 0.6) is 0 Å². The zero-order valence-corrected chi connectivity index (χ0v) is 24.9. The Morgan fingerprint density at radius 1 is 1.29 bits per heavy atom. The van der Waals surface area contributed by atoms with Crippen LogP contribution in [0.25, 0.3) is 5.52 Å². The van der Waals surface area contributed by atoms with Gasteiger partial charge in [-0.3, -0.25) is 19.4 Å². The quantitative estimate of drug-likeness (QED) is 0.291. The Labute approximate surface area is 245 Å². The van der Waals surface area contributed by atoms with E-state index in [1.54, 1.807) is 12.1 Å². The standard InChI is InChI=1S/C29H42N6O7/c1-17(36)34-26-19-11-12-21(35(19)33-16-32-26)29(15-31-5)25(38)23(41-22(37)13-18-9-7-6-8-10-18)20(42-29)14-40-27(39)24(30)28(2,3)4/h11-12,15-16,18,20,23-25,38H,6-10,13-14,30H2,1-5H3,(H,32,33,34,36)/t20-,23-,24-,25-,29+/m1/s1. The predicted octanol–water partition coefficient (Wildman–Crippen LogP) is 2.14. The molecule has 1 saturated carbocycles. The number of aromatic nitrogens is 3. The summed E-state index contributed by atoms with van der Waals surface area (Å²) in [5.74, 6) is -0.947. The number of rotatable bonds is 9. The summed E-state index contributed by atoms with van der Waals surface area (Å²) in [6.45, 7) is 6.50. The Kier molecular flexibility index (Phi) is 9.63. The van der Waals surface area contributed by atoms with Crippen molar-refractivity contribution >= 4 is 35.4 Å². The molecular weight excluding hydrogens is 544 g/mol. The molecule has 1 amide bonds. The Balaban J connectivity index is 1.68. The maximum atomic E-state index is 13.1. The van der Waals surface area contributed by atoms with Gasteiger partial charge in [-0.1, -0.05) is 40.0 Å². The van der Waals surface area contributed by atoms with E-state index in [2.05, 4.69) is 20.4 Å². The van der Waals surface area contributed by atoms with Gasteiger partial charge in [0.25, 0.3) is 0 Å². The first-order valence-corrected chi connectivity index (χ1v) is 14.4. The van der Waals surface area contributed by atoms with Gasteiger partial charge in [0.2, 0.25) is 5.91 Å². The molecule has 42 heavy (non-hydrogen) atoms. The number of aliphatic hydroxyl groups excluding tert-OH is 1. The van der Waals surface area contributed by atoms with E-state index in [9.17, 15) is 19.5 Å². The van der Waals surface area contributed by atoms with Gasteiger partial charge in [-0.2, -0.15) is 5.10 Å². The van der Waals surface area contributed by atoms with E-state index in [0.717, 1.165) is 32.1 Å². The van der Waals surface area contributed by atoms with Gasteiger partial charge < -0.3 is 30.4 Å². The monoisotopic (exact) mass is 586 g/mol. The Morgan fingerprint density at radius 2 is 2.00 bits per heavy atom. The number of aliphatic imine (C=N–C) groups is 1. The van der Waals surface area contributed by atoms with E-state index in [-0.39, 0.29) is 30.7 Å². The van der Waals surface area contributed by atoms with Crippen LogP contribution in [-0.4, -0.2) is 81.8 Å². The summed E-state index contributed by atoms with van der Waals surface area (Å²) in [5, 5.41) is 18.8. The van der Waals surface area contributed by atoms with Crippen molar-refractivity contribution in [2.75, 3.05) is 19.0 Å². The van der Waals surface area contributed by atoms with Gasteiger partial charge in [0.1, 0.15) is 36.7 Å². The smallest absolute Gasteiger partial charge is 0.323 e. The van der Waals surface area contributed by atoms with Crippen LogP contribution in [0.2, 0.25) is 0 Å². The lowest BCUT2D eigenvalue weighted by Crippen LogP contribution is -2.46. The molecule has 2 aliphatic rings. The molecule has 13 heteroatoms. The first kappa shape index (κ1) is 31.5. The fourth-order valence-electron chi connectivity index (χ4n) is 5.61. The van der Waals surface area contributed by atoms with Crippen molar-refractivity contribution in [3.63, 3.8) is 0 Å². The number of hydrogen-bond donors (Lipinski definition) is 3. The summed E-state index contributed by atoms with van der Waals surface area (Å²) < 4.78 is 19.3. The second-order valence-electron chi connectivity index (χ2n) is 12.2. The molecule has 2 aromatic rings. The lowest BCUT2D eigenvalue weighted by atomic mass is 9.87. The number of aliphatic hydroxyl groups is 1. The van der Waals surface area contributed by atoms with Crippen LogP contribution in [0, 0.1) is 11.3 Å². The summed E-state index contributed by atoms with van der Waals surface area (Å²) in [5.41, 5.74) is 4.69. The van der Waals surface area contributed by atoms with E-state index in [1.807, 2.05) is 20.8 Å². The highest BCUT2D eigenvalue weighted by molar-refractivity contribution is 5.92. The molecule has 0 radical (unpaired) electrons. The number of hydrogen-bond acceptors (Lipinski definition) is 11. The average Bonchev–Trinajstić information content (AvgIpc) is 3.48. The van der Waals surface area contributed by atoms with Crippen LogP contribution in [-0.2, 0) is 34.2 Å². The molecule has 4 N–H and O–H groups in total. The van der Waals surface area contributed by atoms with Gasteiger partial charge in [-0.25, -0.2) is 9.50 Å². The molecule has 5 atom stereocenters. The largest absolute Gasteiger partial charge is 0.462 e. The van der Waals surface area contributed by atoms with Crippen LogP contribution < -0.4 is 11.1 Å². The topological polar surface area (TPSA) is 180 Å². The van der Waals surface area contributed by atoms with Crippen molar-refractivity contribution in [3.8, 4) is 0 Å². The van der Waals surface area contributed by atoms with Gasteiger partial charge in [0.05, 0.1) is 5.69 Å². The molecule has 230 valence electrons. The minimum absolute atomic E-state index is 0.215. The number of carbonyl (C=O) groups excluding carboxylic acids is 3. The maximum absolute atomic E-state index is 13.1. The molecular formula is C29H42N6O7. The van der Waals surface area contributed by atoms with Crippen molar-refractivity contribution < 1.29 is 33.7 Å². The SMILES string of the molecule is CN=C[C@@]1(c2ccc3c(NC(C)=O)ncnn23)O[C@H](COC(=O)[C@@H](N)C(C)(C)C)[C@@H](OC(=O)CC2CCCCC2)[C@H]1O. The van der Waals surface area contributed by atoms with Gasteiger partial charge in [-0.05, 0) is 36.3 Å². The summed E-state index contributed by atoms with van der Waals surface area (Å²) in [6, 6.07) is 2.42. The van der Waals surface area contributed by atoms with Crippen molar-refractivity contribution in [3.05, 3.63) is 24.2 Å². The number of fused-ring (bicyclic) bond motifs is 1. The molecule has 0 aromatic carbocycles. The molecule has 4 rings (SSSR count). The lowest BCUT2D eigenvalue weighted by molar-refractivity contribution is -0.162. The number of ether oxygens (including phenoxy) is 3. The fourth-order valence-corrected chi connectivity index (χ4v) is 5.61. The predicted molar refractivity (Wildman–Crippen MR) is 154 cm³/mol. The number of amides is 1. The summed E-state index contributed by atoms with van der Waals surface area (Å²) >= 11 is 0. The zero-order valence-electron chi connectivity index (χ0n) is 24.9. The summed E-state index contributed by atoms with van der Waals surface area (Å²) in [4.78, 5) is 46.0. The highest BCUT2D eigenvalue weighted by atomic mass is 16.6. The van der Waals surface area contributed by atoms with Crippen LogP contribution in [0.3, 0.4) is 0 Å². The van der Waals surface area contributed by atoms with Crippen molar-refractivity contribution in [1.29, 1.82) is 0 Å². The van der Waals surface area contributed by atoms with Crippen molar-refractivity contribution in [1.82, 2.24) is 14.6 Å². The third-order valence-electron chi connectivity index (χ3n) is 7.96. The van der Waals surface area contributed by atoms with E-state index < -0.39 is 47.3 Å². The Hall–Kier alpha value is -3.42. The third kappa shape index (κ3) is 6.63. The molecule has 0 unspecified atom stereocenters. The number of anilines is 1. The number of nitrogens with one attached hydrogen (secondary N) is 1. The minimum Gasteiger partial charge on any atom is -0.462 e. The van der Waals surface area contributed by atoms with Crippen LogP contribution in [0.15, 0.2) is 23.5 Å². The van der Waals surface area contributed by atoms with Crippen molar-refractivity contribution in [2.24, 2.45) is 22.1 Å².